The number of rotatable bonds is 5. The molecule has 1 heterocycles. The molecular weight excluding hydrogens is 267 g/mol. The molecule has 7 heteroatoms. The fraction of sp³-hybridized carbons (Fsp3) is 0.545. The highest BCUT2D eigenvalue weighted by Gasteiger charge is 2.57. The van der Waals surface area contributed by atoms with Crippen molar-refractivity contribution >= 4 is 17.3 Å². The third-order valence-corrected chi connectivity index (χ3v) is 3.32. The minimum Gasteiger partial charge on any atom is -0.464 e. The second kappa shape index (κ2) is 5.71. The summed E-state index contributed by atoms with van der Waals surface area (Å²) >= 11 is 1.32. The van der Waals surface area contributed by atoms with E-state index in [1.54, 1.807) is 17.5 Å². The van der Waals surface area contributed by atoms with Crippen molar-refractivity contribution in [3.8, 4) is 0 Å². The standard InChI is InChI=1S/C11H14F3NO2S/c1-3-17-9(16)10(2,11(12,13)14)15-7-8-5-4-6-18-8/h4-6,15H,3,7H2,1-2H3. The number of nitrogens with one attached hydrogen (secondary N) is 1. The molecule has 0 aliphatic heterocycles. The molecule has 0 saturated carbocycles. The summed E-state index contributed by atoms with van der Waals surface area (Å²) in [5.74, 6) is -1.31. The van der Waals surface area contributed by atoms with E-state index in [-0.39, 0.29) is 13.2 Å². The molecule has 1 unspecified atom stereocenters. The van der Waals surface area contributed by atoms with Gasteiger partial charge in [0.1, 0.15) is 0 Å². The normalized spacial score (nSPS) is 15.2. The van der Waals surface area contributed by atoms with Crippen molar-refractivity contribution in [3.63, 3.8) is 0 Å². The quantitative estimate of drug-likeness (QED) is 0.843. The maximum atomic E-state index is 12.9. The zero-order valence-electron chi connectivity index (χ0n) is 10.0. The van der Waals surface area contributed by atoms with Crippen LogP contribution in [-0.2, 0) is 16.1 Å². The van der Waals surface area contributed by atoms with Gasteiger partial charge in [0.2, 0.25) is 5.54 Å². The Morgan fingerprint density at radius 2 is 2.17 bits per heavy atom. The highest BCUT2D eigenvalue weighted by molar-refractivity contribution is 7.09. The van der Waals surface area contributed by atoms with Crippen LogP contribution in [0.5, 0.6) is 0 Å². The first-order valence-corrected chi connectivity index (χ1v) is 6.20. The summed E-state index contributed by atoms with van der Waals surface area (Å²) in [5.41, 5.74) is -2.69. The minimum atomic E-state index is -4.71. The van der Waals surface area contributed by atoms with Crippen LogP contribution in [0, 0.1) is 0 Å². The summed E-state index contributed by atoms with van der Waals surface area (Å²) in [7, 11) is 0. The first kappa shape index (κ1) is 15.0. The molecule has 0 saturated heterocycles. The van der Waals surface area contributed by atoms with E-state index in [1.165, 1.54) is 18.3 Å². The summed E-state index contributed by atoms with van der Waals surface area (Å²) in [6.07, 6.45) is -4.71. The molecule has 0 radical (unpaired) electrons. The first-order valence-electron chi connectivity index (χ1n) is 5.32. The maximum absolute atomic E-state index is 12.9. The third kappa shape index (κ3) is 3.23. The molecule has 0 fully saturated rings. The number of carbonyl (C=O) groups excluding carboxylic acids is 1. The largest absolute Gasteiger partial charge is 0.464 e. The Labute approximate surface area is 107 Å². The molecule has 1 N–H and O–H groups in total. The van der Waals surface area contributed by atoms with Gasteiger partial charge in [0.25, 0.3) is 0 Å². The number of hydrogen-bond donors (Lipinski definition) is 1. The van der Waals surface area contributed by atoms with E-state index in [2.05, 4.69) is 10.1 Å². The van der Waals surface area contributed by atoms with E-state index < -0.39 is 17.7 Å². The lowest BCUT2D eigenvalue weighted by molar-refractivity contribution is -0.209. The van der Waals surface area contributed by atoms with Gasteiger partial charge in [-0.1, -0.05) is 6.07 Å². The van der Waals surface area contributed by atoms with E-state index in [1.807, 2.05) is 0 Å². The summed E-state index contributed by atoms with van der Waals surface area (Å²) < 4.78 is 43.3. The van der Waals surface area contributed by atoms with Gasteiger partial charge in [-0.2, -0.15) is 13.2 Å². The fourth-order valence-electron chi connectivity index (χ4n) is 1.24. The van der Waals surface area contributed by atoms with Crippen LogP contribution in [0.1, 0.15) is 18.7 Å². The van der Waals surface area contributed by atoms with Gasteiger partial charge < -0.3 is 4.74 Å². The molecular formula is C11H14F3NO2S. The molecule has 1 aromatic heterocycles. The molecule has 3 nitrogen and oxygen atoms in total. The molecule has 0 bridgehead atoms. The molecule has 1 aromatic rings. The number of carbonyl (C=O) groups is 1. The number of hydrogen-bond acceptors (Lipinski definition) is 4. The topological polar surface area (TPSA) is 38.3 Å². The molecule has 0 aliphatic carbocycles. The molecule has 1 atom stereocenters. The zero-order chi connectivity index (χ0) is 13.8. The monoisotopic (exact) mass is 281 g/mol. The van der Waals surface area contributed by atoms with Crippen molar-refractivity contribution in [2.24, 2.45) is 0 Å². The van der Waals surface area contributed by atoms with Crippen molar-refractivity contribution in [1.29, 1.82) is 0 Å². The molecule has 0 spiro atoms. The third-order valence-electron chi connectivity index (χ3n) is 2.45. The van der Waals surface area contributed by atoms with E-state index in [4.69, 9.17) is 0 Å². The highest BCUT2D eigenvalue weighted by Crippen LogP contribution is 2.31. The zero-order valence-corrected chi connectivity index (χ0v) is 10.8. The van der Waals surface area contributed by atoms with E-state index in [9.17, 15) is 18.0 Å². The van der Waals surface area contributed by atoms with Gasteiger partial charge in [0.15, 0.2) is 0 Å². The fourth-order valence-corrected chi connectivity index (χ4v) is 1.89. The Balaban J connectivity index is 2.81. The number of thiophene rings is 1. The first-order chi connectivity index (χ1) is 8.31. The van der Waals surface area contributed by atoms with Gasteiger partial charge in [-0.3, -0.25) is 5.32 Å². The molecule has 102 valence electrons. The Bertz CT molecular complexity index is 391. The molecule has 18 heavy (non-hydrogen) atoms. The van der Waals surface area contributed by atoms with E-state index >= 15 is 0 Å². The Kier molecular flexibility index (Phi) is 4.75. The Morgan fingerprint density at radius 1 is 1.50 bits per heavy atom. The minimum absolute atomic E-state index is 0.0352. The number of esters is 1. The van der Waals surface area contributed by atoms with Crippen molar-refractivity contribution in [2.45, 2.75) is 32.1 Å². The van der Waals surface area contributed by atoms with Crippen LogP contribution < -0.4 is 5.32 Å². The van der Waals surface area contributed by atoms with Crippen LogP contribution in [0.25, 0.3) is 0 Å². The molecule has 0 amide bonds. The van der Waals surface area contributed by atoms with Gasteiger partial charge >= 0.3 is 12.1 Å². The SMILES string of the molecule is CCOC(=O)C(C)(NCc1cccs1)C(F)(F)F. The summed E-state index contributed by atoms with van der Waals surface area (Å²) in [4.78, 5) is 12.2. The molecule has 0 aromatic carbocycles. The van der Waals surface area contributed by atoms with Gasteiger partial charge in [-0.15, -0.1) is 11.3 Å². The summed E-state index contributed by atoms with van der Waals surface area (Å²) in [6.45, 7) is 2.13. The van der Waals surface area contributed by atoms with Crippen LogP contribution >= 0.6 is 11.3 Å². The summed E-state index contributed by atoms with van der Waals surface area (Å²) in [5, 5.41) is 3.99. The second-order valence-corrected chi connectivity index (χ2v) is 4.81. The van der Waals surface area contributed by atoms with Crippen molar-refractivity contribution < 1.29 is 22.7 Å². The number of alkyl halides is 3. The van der Waals surface area contributed by atoms with Crippen LogP contribution in [-0.4, -0.2) is 24.3 Å². The molecule has 1 rings (SSSR count). The predicted molar refractivity (Wildman–Crippen MR) is 62.3 cm³/mol. The van der Waals surface area contributed by atoms with Crippen LogP contribution in [0.3, 0.4) is 0 Å². The van der Waals surface area contributed by atoms with Gasteiger partial charge in [-0.05, 0) is 25.3 Å². The number of halogens is 3. The smallest absolute Gasteiger partial charge is 0.417 e. The maximum Gasteiger partial charge on any atom is 0.417 e. The Morgan fingerprint density at radius 3 is 2.61 bits per heavy atom. The van der Waals surface area contributed by atoms with Gasteiger partial charge in [0.05, 0.1) is 6.61 Å². The average molecular weight is 281 g/mol. The molecule has 0 aliphatic rings. The summed E-state index contributed by atoms with van der Waals surface area (Å²) in [6, 6.07) is 3.43. The van der Waals surface area contributed by atoms with Gasteiger partial charge in [-0.25, -0.2) is 4.79 Å². The van der Waals surface area contributed by atoms with Crippen LogP contribution in [0.15, 0.2) is 17.5 Å². The second-order valence-electron chi connectivity index (χ2n) is 3.78. The van der Waals surface area contributed by atoms with E-state index in [0.29, 0.717) is 0 Å². The van der Waals surface area contributed by atoms with Crippen molar-refractivity contribution in [2.75, 3.05) is 6.61 Å². The lowest BCUT2D eigenvalue weighted by atomic mass is 10.0. The van der Waals surface area contributed by atoms with Crippen molar-refractivity contribution in [3.05, 3.63) is 22.4 Å². The predicted octanol–water partition coefficient (Wildman–Crippen LogP) is 2.72. The van der Waals surface area contributed by atoms with E-state index in [0.717, 1.165) is 11.8 Å². The lowest BCUT2D eigenvalue weighted by Gasteiger charge is -2.30. The van der Waals surface area contributed by atoms with Crippen LogP contribution in [0.4, 0.5) is 13.2 Å². The lowest BCUT2D eigenvalue weighted by Crippen LogP contribution is -2.60. The van der Waals surface area contributed by atoms with Crippen molar-refractivity contribution in [1.82, 2.24) is 5.32 Å². The number of ether oxygens (including phenoxy) is 1. The Hall–Kier alpha value is -1.08. The highest BCUT2D eigenvalue weighted by atomic mass is 32.1. The van der Waals surface area contributed by atoms with Crippen LogP contribution in [0.2, 0.25) is 0 Å². The average Bonchev–Trinajstić information content (AvgIpc) is 2.77. The van der Waals surface area contributed by atoms with Gasteiger partial charge in [0, 0.05) is 11.4 Å².